The van der Waals surface area contributed by atoms with E-state index in [0.717, 1.165) is 31.0 Å². The minimum Gasteiger partial charge on any atom is -0.312 e. The maximum Gasteiger partial charge on any atom is 0.202 e. The van der Waals surface area contributed by atoms with Crippen LogP contribution in [-0.2, 0) is 26.7 Å². The fraction of sp³-hybridized carbons (Fsp3) is 0.263. The number of aryl methyl sites for hydroxylation is 1. The minimum absolute atomic E-state index is 0.764. The molecule has 3 aromatic rings. The van der Waals surface area contributed by atoms with Crippen LogP contribution in [0.5, 0.6) is 0 Å². The molecule has 0 amide bonds. The third-order valence-corrected chi connectivity index (χ3v) is 4.67. The summed E-state index contributed by atoms with van der Waals surface area (Å²) in [5, 5.41) is 4.41. The van der Waals surface area contributed by atoms with E-state index in [4.69, 9.17) is 12.2 Å². The van der Waals surface area contributed by atoms with Gasteiger partial charge in [-0.1, -0.05) is 60.7 Å². The highest BCUT2D eigenvalue weighted by Crippen LogP contribution is 1.99. The average Bonchev–Trinajstić information content (AvgIpc) is 2.93. The summed E-state index contributed by atoms with van der Waals surface area (Å²) in [6.07, 6.45) is 2.82. The van der Waals surface area contributed by atoms with E-state index in [9.17, 15) is 0 Å². The number of nitrogens with one attached hydrogen (secondary N) is 1. The molecule has 1 N–H and O–H groups in total. The van der Waals surface area contributed by atoms with Gasteiger partial charge in [-0.15, -0.1) is 0 Å². The lowest BCUT2D eigenvalue weighted by molar-refractivity contribution is -0.936. The Morgan fingerprint density at radius 3 is 2.17 bits per heavy atom. The minimum atomic E-state index is 0.764. The van der Waals surface area contributed by atoms with E-state index in [1.165, 1.54) is 16.0 Å². The lowest BCUT2D eigenvalue weighted by Gasteiger charge is -2.19. The van der Waals surface area contributed by atoms with E-state index < -0.39 is 0 Å². The Balaban J connectivity index is 1.72. The first kappa shape index (κ1) is 16.6. The molecule has 0 bridgehead atoms. The molecule has 0 aliphatic rings. The summed E-state index contributed by atoms with van der Waals surface area (Å²) in [6, 6.07) is 21.2. The maximum atomic E-state index is 5.44. The SMILES string of the molecule is Cn1cnn(C[NH+](CCc2ccccc2)Cc2ccccc2)c1=S. The Labute approximate surface area is 148 Å². The van der Waals surface area contributed by atoms with Gasteiger partial charge in [0.15, 0.2) is 6.67 Å². The van der Waals surface area contributed by atoms with E-state index in [2.05, 4.69) is 65.8 Å². The van der Waals surface area contributed by atoms with Gasteiger partial charge in [-0.05, 0) is 17.8 Å². The standard InChI is InChI=1S/C19H22N4S/c1-21-15-20-23(19(21)24)16-22(14-18-10-6-3-7-11-18)13-12-17-8-4-2-5-9-17/h2-11,15H,12-14,16H2,1H3/p+1. The largest absolute Gasteiger partial charge is 0.312 e. The molecule has 124 valence electrons. The van der Waals surface area contributed by atoms with Gasteiger partial charge < -0.3 is 9.47 Å². The number of hydrogen-bond acceptors (Lipinski definition) is 2. The fourth-order valence-electron chi connectivity index (χ4n) is 2.81. The van der Waals surface area contributed by atoms with Gasteiger partial charge in [-0.25, -0.2) is 0 Å². The zero-order chi connectivity index (χ0) is 16.8. The van der Waals surface area contributed by atoms with Crippen LogP contribution in [0.3, 0.4) is 0 Å². The molecule has 1 unspecified atom stereocenters. The topological polar surface area (TPSA) is 27.2 Å². The van der Waals surface area contributed by atoms with E-state index in [0.29, 0.717) is 0 Å². The third-order valence-electron chi connectivity index (χ3n) is 4.17. The van der Waals surface area contributed by atoms with Crippen molar-refractivity contribution in [2.45, 2.75) is 19.6 Å². The van der Waals surface area contributed by atoms with Gasteiger partial charge >= 0.3 is 0 Å². The van der Waals surface area contributed by atoms with Crippen LogP contribution in [0.15, 0.2) is 67.0 Å². The van der Waals surface area contributed by atoms with Crippen LogP contribution in [0.4, 0.5) is 0 Å². The summed E-state index contributed by atoms with van der Waals surface area (Å²) in [5.41, 5.74) is 2.70. The lowest BCUT2D eigenvalue weighted by Crippen LogP contribution is -3.10. The first-order chi connectivity index (χ1) is 11.7. The van der Waals surface area contributed by atoms with Crippen molar-refractivity contribution < 1.29 is 4.90 Å². The van der Waals surface area contributed by atoms with Gasteiger partial charge in [0.05, 0.1) is 6.54 Å². The van der Waals surface area contributed by atoms with Crippen molar-refractivity contribution >= 4 is 12.2 Å². The van der Waals surface area contributed by atoms with Crippen molar-refractivity contribution in [3.05, 3.63) is 82.9 Å². The average molecular weight is 339 g/mol. The first-order valence-electron chi connectivity index (χ1n) is 8.22. The van der Waals surface area contributed by atoms with Crippen molar-refractivity contribution in [1.82, 2.24) is 14.3 Å². The van der Waals surface area contributed by atoms with Gasteiger partial charge in [-0.2, -0.15) is 9.78 Å². The van der Waals surface area contributed by atoms with E-state index in [1.807, 2.05) is 16.3 Å². The number of hydrogen-bond donors (Lipinski definition) is 1. The van der Waals surface area contributed by atoms with Crippen molar-refractivity contribution in [2.75, 3.05) is 6.54 Å². The van der Waals surface area contributed by atoms with Crippen molar-refractivity contribution in [3.63, 3.8) is 0 Å². The van der Waals surface area contributed by atoms with Crippen LogP contribution < -0.4 is 4.90 Å². The van der Waals surface area contributed by atoms with Crippen molar-refractivity contribution in [1.29, 1.82) is 0 Å². The Morgan fingerprint density at radius 2 is 1.58 bits per heavy atom. The third kappa shape index (κ3) is 4.40. The van der Waals surface area contributed by atoms with E-state index in [-0.39, 0.29) is 0 Å². The summed E-state index contributed by atoms with van der Waals surface area (Å²) in [4.78, 5) is 1.44. The molecule has 1 heterocycles. The molecule has 0 aliphatic heterocycles. The monoisotopic (exact) mass is 339 g/mol. The van der Waals surface area contributed by atoms with Crippen molar-refractivity contribution in [2.24, 2.45) is 7.05 Å². The molecule has 2 aromatic carbocycles. The van der Waals surface area contributed by atoms with E-state index in [1.54, 1.807) is 6.33 Å². The molecule has 4 nitrogen and oxygen atoms in total. The lowest BCUT2D eigenvalue weighted by atomic mass is 10.1. The van der Waals surface area contributed by atoms with Gasteiger partial charge in [0.2, 0.25) is 4.77 Å². The van der Waals surface area contributed by atoms with Crippen LogP contribution in [0, 0.1) is 4.77 Å². The van der Waals surface area contributed by atoms with Crippen LogP contribution in [0.2, 0.25) is 0 Å². The fourth-order valence-corrected chi connectivity index (χ4v) is 2.97. The molecule has 0 saturated heterocycles. The molecule has 0 spiro atoms. The van der Waals surface area contributed by atoms with Gasteiger partial charge in [0.1, 0.15) is 12.9 Å². The highest BCUT2D eigenvalue weighted by Gasteiger charge is 2.12. The Morgan fingerprint density at radius 1 is 0.958 bits per heavy atom. The van der Waals surface area contributed by atoms with Gasteiger partial charge in [-0.3, -0.25) is 0 Å². The van der Waals surface area contributed by atoms with E-state index >= 15 is 0 Å². The molecule has 3 rings (SSSR count). The van der Waals surface area contributed by atoms with Crippen LogP contribution in [0.25, 0.3) is 0 Å². The molecular formula is C19H23N4S+. The summed E-state index contributed by atoms with van der Waals surface area (Å²) in [6.45, 7) is 2.78. The second kappa shape index (κ2) is 8.04. The Bertz CT molecular complexity index is 808. The predicted octanol–water partition coefficient (Wildman–Crippen LogP) is 2.24. The Kier molecular flexibility index (Phi) is 5.56. The molecule has 0 fully saturated rings. The normalized spacial score (nSPS) is 12.2. The highest BCUT2D eigenvalue weighted by atomic mass is 32.1. The Hall–Kier alpha value is -2.24. The quantitative estimate of drug-likeness (QED) is 0.669. The number of nitrogens with zero attached hydrogens (tertiary/aromatic N) is 3. The number of rotatable bonds is 7. The smallest absolute Gasteiger partial charge is 0.202 e. The van der Waals surface area contributed by atoms with Crippen molar-refractivity contribution in [3.8, 4) is 0 Å². The number of aromatic nitrogens is 3. The second-order valence-corrected chi connectivity index (χ2v) is 6.45. The zero-order valence-electron chi connectivity index (χ0n) is 13.9. The van der Waals surface area contributed by atoms with Gasteiger partial charge in [0.25, 0.3) is 0 Å². The molecular weight excluding hydrogens is 316 g/mol. The zero-order valence-corrected chi connectivity index (χ0v) is 14.7. The number of quaternary nitrogens is 1. The second-order valence-electron chi connectivity index (χ2n) is 6.08. The van der Waals surface area contributed by atoms with Crippen LogP contribution in [-0.4, -0.2) is 20.9 Å². The summed E-state index contributed by atoms with van der Waals surface area (Å²) in [5.74, 6) is 0. The van der Waals surface area contributed by atoms with Crippen LogP contribution in [0.1, 0.15) is 11.1 Å². The molecule has 0 saturated carbocycles. The predicted molar refractivity (Wildman–Crippen MR) is 98.2 cm³/mol. The molecule has 24 heavy (non-hydrogen) atoms. The number of benzene rings is 2. The van der Waals surface area contributed by atoms with Gasteiger partial charge in [0, 0.05) is 19.0 Å². The highest BCUT2D eigenvalue weighted by molar-refractivity contribution is 7.71. The summed E-state index contributed by atoms with van der Waals surface area (Å²) in [7, 11) is 1.94. The molecule has 0 aliphatic carbocycles. The molecule has 0 radical (unpaired) electrons. The maximum absolute atomic E-state index is 5.44. The molecule has 1 aromatic heterocycles. The summed E-state index contributed by atoms with van der Waals surface area (Å²) >= 11 is 5.44. The molecule has 5 heteroatoms. The van der Waals surface area contributed by atoms with Crippen LogP contribution >= 0.6 is 12.2 Å². The first-order valence-corrected chi connectivity index (χ1v) is 8.63. The summed E-state index contributed by atoms with van der Waals surface area (Å²) < 4.78 is 4.56. The molecule has 1 atom stereocenters.